The summed E-state index contributed by atoms with van der Waals surface area (Å²) in [6.45, 7) is 0. The van der Waals surface area contributed by atoms with Gasteiger partial charge in [0, 0.05) is 23.1 Å². The highest BCUT2D eigenvalue weighted by Gasteiger charge is 2.30. The Morgan fingerprint density at radius 1 is 1.07 bits per heavy atom. The minimum atomic E-state index is -4.43. The van der Waals surface area contributed by atoms with Gasteiger partial charge in [-0.05, 0) is 48.5 Å². The van der Waals surface area contributed by atoms with Crippen molar-refractivity contribution in [2.45, 2.75) is 6.18 Å². The second-order valence-electron chi connectivity index (χ2n) is 5.67. The molecule has 0 spiro atoms. The Morgan fingerprint density at radius 3 is 2.37 bits per heavy atom. The van der Waals surface area contributed by atoms with Gasteiger partial charge in [-0.1, -0.05) is 17.7 Å². The van der Waals surface area contributed by atoms with Crippen LogP contribution >= 0.6 is 11.6 Å². The molecule has 0 unspecified atom stereocenters. The summed E-state index contributed by atoms with van der Waals surface area (Å²) in [5, 5.41) is 2.96. The molecule has 0 radical (unpaired) electrons. The van der Waals surface area contributed by atoms with Gasteiger partial charge in [-0.15, -0.1) is 0 Å². The summed E-state index contributed by atoms with van der Waals surface area (Å²) in [6.07, 6.45) is -2.85. The molecule has 0 saturated heterocycles. The van der Waals surface area contributed by atoms with Gasteiger partial charge in [0.15, 0.2) is 0 Å². The number of amides is 1. The summed E-state index contributed by atoms with van der Waals surface area (Å²) in [4.78, 5) is 16.6. The molecular formula is C19H13ClF3N3O. The molecule has 0 aliphatic rings. The average Bonchev–Trinajstić information content (AvgIpc) is 2.61. The van der Waals surface area contributed by atoms with Crippen LogP contribution in [0.4, 0.5) is 24.5 Å². The van der Waals surface area contributed by atoms with Crippen LogP contribution in [-0.4, -0.2) is 10.9 Å². The van der Waals surface area contributed by atoms with E-state index in [4.69, 9.17) is 17.3 Å². The van der Waals surface area contributed by atoms with Crippen LogP contribution in [0.1, 0.15) is 15.9 Å². The van der Waals surface area contributed by atoms with Gasteiger partial charge >= 0.3 is 6.18 Å². The van der Waals surface area contributed by atoms with Crippen LogP contribution in [0.2, 0.25) is 5.02 Å². The highest BCUT2D eigenvalue weighted by atomic mass is 35.5. The number of carbonyl (C=O) groups is 1. The number of carbonyl (C=O) groups excluding carboxylic acids is 1. The van der Waals surface area contributed by atoms with Gasteiger partial charge in [0.2, 0.25) is 0 Å². The Morgan fingerprint density at radius 2 is 1.78 bits per heavy atom. The second-order valence-corrected chi connectivity index (χ2v) is 6.07. The average molecular weight is 392 g/mol. The number of hydrogen-bond acceptors (Lipinski definition) is 3. The SMILES string of the molecule is Nc1cc(-c2ncccc2Cl)ccc1C(=O)Nc1ccc(C(F)(F)F)cc1. The molecule has 1 heterocycles. The Kier molecular flexibility index (Phi) is 5.05. The van der Waals surface area contributed by atoms with Gasteiger partial charge in [0.25, 0.3) is 5.91 Å². The summed E-state index contributed by atoms with van der Waals surface area (Å²) in [5.41, 5.74) is 6.95. The number of pyridine rings is 1. The zero-order chi connectivity index (χ0) is 19.6. The van der Waals surface area contributed by atoms with E-state index in [1.54, 1.807) is 30.5 Å². The fourth-order valence-electron chi connectivity index (χ4n) is 2.46. The fraction of sp³-hybridized carbons (Fsp3) is 0.0526. The number of nitrogens with zero attached hydrogens (tertiary/aromatic N) is 1. The molecule has 0 atom stereocenters. The van der Waals surface area contributed by atoms with Crippen LogP contribution in [0.3, 0.4) is 0 Å². The molecule has 8 heteroatoms. The van der Waals surface area contributed by atoms with Crippen molar-refractivity contribution in [1.82, 2.24) is 4.98 Å². The summed E-state index contributed by atoms with van der Waals surface area (Å²) in [6, 6.07) is 12.2. The number of halogens is 4. The van der Waals surface area contributed by atoms with E-state index in [-0.39, 0.29) is 16.9 Å². The van der Waals surface area contributed by atoms with E-state index in [1.807, 2.05) is 0 Å². The van der Waals surface area contributed by atoms with Crippen molar-refractivity contribution in [3.05, 3.63) is 76.9 Å². The van der Waals surface area contributed by atoms with Crippen LogP contribution in [0.5, 0.6) is 0 Å². The smallest absolute Gasteiger partial charge is 0.398 e. The standard InChI is InChI=1S/C19H13ClF3N3O/c20-15-2-1-9-25-17(15)11-3-8-14(16(24)10-11)18(27)26-13-6-4-12(5-7-13)19(21,22)23/h1-10H,24H2,(H,26,27). The molecule has 138 valence electrons. The number of nitrogens with two attached hydrogens (primary N) is 1. The summed E-state index contributed by atoms with van der Waals surface area (Å²) in [5.74, 6) is -0.536. The number of anilines is 2. The predicted octanol–water partition coefficient (Wildman–Crippen LogP) is 5.26. The van der Waals surface area contributed by atoms with E-state index in [0.29, 0.717) is 16.3 Å². The van der Waals surface area contributed by atoms with E-state index >= 15 is 0 Å². The van der Waals surface area contributed by atoms with Gasteiger partial charge in [-0.2, -0.15) is 13.2 Å². The first-order valence-electron chi connectivity index (χ1n) is 7.75. The zero-order valence-electron chi connectivity index (χ0n) is 13.7. The van der Waals surface area contributed by atoms with Gasteiger partial charge in [-0.3, -0.25) is 9.78 Å². The molecule has 0 aliphatic heterocycles. The molecular weight excluding hydrogens is 379 g/mol. The van der Waals surface area contributed by atoms with Crippen molar-refractivity contribution in [3.63, 3.8) is 0 Å². The first-order valence-corrected chi connectivity index (χ1v) is 8.12. The molecule has 2 aromatic carbocycles. The largest absolute Gasteiger partial charge is 0.416 e. The maximum atomic E-state index is 12.6. The van der Waals surface area contributed by atoms with E-state index in [0.717, 1.165) is 12.1 Å². The minimum absolute atomic E-state index is 0.186. The number of hydrogen-bond donors (Lipinski definition) is 2. The van der Waals surface area contributed by atoms with E-state index in [9.17, 15) is 18.0 Å². The number of benzene rings is 2. The van der Waals surface area contributed by atoms with Crippen molar-refractivity contribution >= 4 is 28.9 Å². The molecule has 0 aliphatic carbocycles. The van der Waals surface area contributed by atoms with Crippen LogP contribution in [0.25, 0.3) is 11.3 Å². The Hall–Kier alpha value is -3.06. The van der Waals surface area contributed by atoms with Crippen LogP contribution < -0.4 is 11.1 Å². The summed E-state index contributed by atoms with van der Waals surface area (Å²) >= 11 is 6.10. The fourth-order valence-corrected chi connectivity index (χ4v) is 2.69. The van der Waals surface area contributed by atoms with Gasteiger partial charge in [-0.25, -0.2) is 0 Å². The lowest BCUT2D eigenvalue weighted by Crippen LogP contribution is -2.14. The lowest BCUT2D eigenvalue weighted by molar-refractivity contribution is -0.137. The van der Waals surface area contributed by atoms with Crippen molar-refractivity contribution in [2.75, 3.05) is 11.1 Å². The third kappa shape index (κ3) is 4.20. The number of nitrogen functional groups attached to an aromatic ring is 1. The van der Waals surface area contributed by atoms with E-state index < -0.39 is 17.6 Å². The maximum Gasteiger partial charge on any atom is 0.416 e. The first-order chi connectivity index (χ1) is 12.8. The van der Waals surface area contributed by atoms with Crippen molar-refractivity contribution in [3.8, 4) is 11.3 Å². The Bertz CT molecular complexity index is 988. The molecule has 0 saturated carbocycles. The lowest BCUT2D eigenvalue weighted by Gasteiger charge is -2.11. The number of alkyl halides is 3. The second kappa shape index (κ2) is 7.28. The molecule has 3 aromatic rings. The van der Waals surface area contributed by atoms with Gasteiger partial charge in [0.1, 0.15) is 0 Å². The highest BCUT2D eigenvalue weighted by molar-refractivity contribution is 6.33. The molecule has 27 heavy (non-hydrogen) atoms. The topological polar surface area (TPSA) is 68.0 Å². The molecule has 1 aromatic heterocycles. The normalized spacial score (nSPS) is 11.3. The zero-order valence-corrected chi connectivity index (χ0v) is 14.5. The monoisotopic (exact) mass is 391 g/mol. The molecule has 4 nitrogen and oxygen atoms in total. The third-order valence-corrected chi connectivity index (χ3v) is 4.10. The van der Waals surface area contributed by atoms with Crippen LogP contribution in [0.15, 0.2) is 60.8 Å². The molecule has 0 fully saturated rings. The highest BCUT2D eigenvalue weighted by Crippen LogP contribution is 2.31. The quantitative estimate of drug-likeness (QED) is 0.599. The molecule has 0 bridgehead atoms. The third-order valence-electron chi connectivity index (χ3n) is 3.80. The van der Waals surface area contributed by atoms with Gasteiger partial charge in [0.05, 0.1) is 21.8 Å². The molecule has 3 N–H and O–H groups in total. The number of rotatable bonds is 3. The Balaban J connectivity index is 1.80. The number of aromatic nitrogens is 1. The van der Waals surface area contributed by atoms with E-state index in [2.05, 4.69) is 10.3 Å². The van der Waals surface area contributed by atoms with Crippen molar-refractivity contribution < 1.29 is 18.0 Å². The predicted molar refractivity (Wildman–Crippen MR) is 98.5 cm³/mol. The van der Waals surface area contributed by atoms with Crippen molar-refractivity contribution in [2.24, 2.45) is 0 Å². The maximum absolute atomic E-state index is 12.6. The van der Waals surface area contributed by atoms with Crippen LogP contribution in [-0.2, 0) is 6.18 Å². The van der Waals surface area contributed by atoms with E-state index in [1.165, 1.54) is 18.2 Å². The first kappa shape index (κ1) is 18.7. The molecule has 3 rings (SSSR count). The molecule has 1 amide bonds. The summed E-state index contributed by atoms with van der Waals surface area (Å²) in [7, 11) is 0. The van der Waals surface area contributed by atoms with Crippen LogP contribution in [0, 0.1) is 0 Å². The summed E-state index contributed by atoms with van der Waals surface area (Å²) < 4.78 is 37.8. The van der Waals surface area contributed by atoms with Gasteiger partial charge < -0.3 is 11.1 Å². The lowest BCUT2D eigenvalue weighted by atomic mass is 10.1. The minimum Gasteiger partial charge on any atom is -0.398 e. The Labute approximate surface area is 157 Å². The van der Waals surface area contributed by atoms with Crippen molar-refractivity contribution in [1.29, 1.82) is 0 Å². The number of nitrogens with one attached hydrogen (secondary N) is 1.